The summed E-state index contributed by atoms with van der Waals surface area (Å²) < 4.78 is 2.21. The van der Waals surface area contributed by atoms with Crippen molar-refractivity contribution in [3.63, 3.8) is 0 Å². The zero-order valence-electron chi connectivity index (χ0n) is 12.7. The highest BCUT2D eigenvalue weighted by molar-refractivity contribution is 5.98. The number of nitrogens with one attached hydrogen (secondary N) is 1. The predicted octanol–water partition coefficient (Wildman–Crippen LogP) is 4.13. The molecule has 4 rings (SSSR count). The van der Waals surface area contributed by atoms with E-state index >= 15 is 0 Å². The molecule has 0 atom stereocenters. The fourth-order valence-electron chi connectivity index (χ4n) is 3.10. The largest absolute Gasteiger partial charge is 0.384 e. The van der Waals surface area contributed by atoms with Crippen LogP contribution in [0.2, 0.25) is 0 Å². The molecule has 23 heavy (non-hydrogen) atoms. The molecule has 0 aliphatic rings. The Hall–Kier alpha value is -3.07. The monoisotopic (exact) mass is 299 g/mol. The summed E-state index contributed by atoms with van der Waals surface area (Å²) in [4.78, 5) is 0. The van der Waals surface area contributed by atoms with Gasteiger partial charge >= 0.3 is 0 Å². The highest BCUT2D eigenvalue weighted by atomic mass is 14.9. The van der Waals surface area contributed by atoms with E-state index in [9.17, 15) is 0 Å². The molecule has 0 fully saturated rings. The Morgan fingerprint density at radius 1 is 0.913 bits per heavy atom. The molecule has 0 saturated heterocycles. The van der Waals surface area contributed by atoms with Gasteiger partial charge in [0.1, 0.15) is 5.84 Å². The van der Waals surface area contributed by atoms with Gasteiger partial charge in [-0.05, 0) is 33.9 Å². The number of nitrogens with zero attached hydrogens (tertiary/aromatic N) is 1. The van der Waals surface area contributed by atoms with Crippen molar-refractivity contribution in [3.05, 3.63) is 84.1 Å². The van der Waals surface area contributed by atoms with Crippen LogP contribution in [0.5, 0.6) is 0 Å². The first kappa shape index (κ1) is 13.6. The van der Waals surface area contributed by atoms with Gasteiger partial charge in [-0.2, -0.15) is 0 Å². The summed E-state index contributed by atoms with van der Waals surface area (Å²) >= 11 is 0. The third-order valence-corrected chi connectivity index (χ3v) is 4.31. The Morgan fingerprint density at radius 3 is 2.61 bits per heavy atom. The Labute approximate surface area is 134 Å². The minimum Gasteiger partial charge on any atom is -0.384 e. The van der Waals surface area contributed by atoms with Crippen molar-refractivity contribution in [1.29, 1.82) is 5.41 Å². The minimum absolute atomic E-state index is 0.102. The number of hydrogen-bond acceptors (Lipinski definition) is 1. The van der Waals surface area contributed by atoms with Crippen LogP contribution in [0.4, 0.5) is 0 Å². The second kappa shape index (κ2) is 5.29. The fourth-order valence-corrected chi connectivity index (χ4v) is 3.10. The van der Waals surface area contributed by atoms with Crippen molar-refractivity contribution in [3.8, 4) is 0 Å². The lowest BCUT2D eigenvalue weighted by atomic mass is 10.0. The number of hydrogen-bond donors (Lipinski definition) is 2. The highest BCUT2D eigenvalue weighted by Crippen LogP contribution is 2.23. The van der Waals surface area contributed by atoms with E-state index in [1.54, 1.807) is 0 Å². The molecular weight excluding hydrogens is 282 g/mol. The molecule has 3 aromatic carbocycles. The molecule has 0 aliphatic carbocycles. The van der Waals surface area contributed by atoms with Crippen molar-refractivity contribution in [2.75, 3.05) is 0 Å². The molecule has 0 amide bonds. The van der Waals surface area contributed by atoms with E-state index in [0.717, 1.165) is 23.0 Å². The molecule has 0 radical (unpaired) electrons. The van der Waals surface area contributed by atoms with E-state index in [-0.39, 0.29) is 5.84 Å². The number of nitrogens with two attached hydrogens (primary N) is 1. The summed E-state index contributed by atoms with van der Waals surface area (Å²) in [6.45, 7) is 0.798. The average Bonchev–Trinajstić information content (AvgIpc) is 2.97. The predicted molar refractivity (Wildman–Crippen MR) is 96.0 cm³/mol. The molecule has 1 heterocycles. The molecule has 0 saturated carbocycles. The first-order valence-corrected chi connectivity index (χ1v) is 7.62. The standard InChI is InChI=1S/C20H17N3/c21-20(22)16-9-8-15-10-11-23(19(15)12-16)13-17-6-3-5-14-4-1-2-7-18(14)17/h1-12H,13H2,(H3,21,22). The lowest BCUT2D eigenvalue weighted by Crippen LogP contribution is -2.11. The third-order valence-electron chi connectivity index (χ3n) is 4.31. The zero-order valence-corrected chi connectivity index (χ0v) is 12.7. The molecular formula is C20H17N3. The van der Waals surface area contributed by atoms with Crippen LogP contribution < -0.4 is 5.73 Å². The smallest absolute Gasteiger partial charge is 0.122 e. The fraction of sp³-hybridized carbons (Fsp3) is 0.0500. The summed E-state index contributed by atoms with van der Waals surface area (Å²) in [5, 5.41) is 11.3. The summed E-state index contributed by atoms with van der Waals surface area (Å²) in [5.74, 6) is 0.102. The molecule has 0 bridgehead atoms. The molecule has 3 nitrogen and oxygen atoms in total. The second-order valence-electron chi connectivity index (χ2n) is 5.77. The van der Waals surface area contributed by atoms with Crippen LogP contribution in [0.15, 0.2) is 72.9 Å². The Balaban J connectivity index is 1.83. The maximum atomic E-state index is 7.63. The van der Waals surface area contributed by atoms with E-state index in [4.69, 9.17) is 11.1 Å². The lowest BCUT2D eigenvalue weighted by Gasteiger charge is -2.10. The number of benzene rings is 3. The number of aromatic nitrogens is 1. The van der Waals surface area contributed by atoms with Gasteiger partial charge in [0, 0.05) is 23.8 Å². The summed E-state index contributed by atoms with van der Waals surface area (Å²) in [5.41, 5.74) is 8.77. The molecule has 3 heteroatoms. The summed E-state index contributed by atoms with van der Waals surface area (Å²) in [6, 6.07) is 22.9. The minimum atomic E-state index is 0.102. The van der Waals surface area contributed by atoms with Crippen molar-refractivity contribution in [1.82, 2.24) is 4.57 Å². The van der Waals surface area contributed by atoms with Gasteiger partial charge < -0.3 is 10.3 Å². The van der Waals surface area contributed by atoms with Gasteiger partial charge in [-0.3, -0.25) is 5.41 Å². The van der Waals surface area contributed by atoms with Gasteiger partial charge in [0.15, 0.2) is 0 Å². The quantitative estimate of drug-likeness (QED) is 0.434. The molecule has 4 aromatic rings. The molecule has 0 spiro atoms. The molecule has 0 unspecified atom stereocenters. The highest BCUT2D eigenvalue weighted by Gasteiger charge is 2.06. The SMILES string of the molecule is N=C(N)c1ccc2ccn(Cc3cccc4ccccc34)c2c1. The lowest BCUT2D eigenvalue weighted by molar-refractivity contribution is 0.843. The van der Waals surface area contributed by atoms with Crippen LogP contribution in [0.1, 0.15) is 11.1 Å². The Bertz CT molecular complexity index is 1020. The van der Waals surface area contributed by atoms with Gasteiger partial charge in [0.2, 0.25) is 0 Å². The van der Waals surface area contributed by atoms with E-state index in [2.05, 4.69) is 59.3 Å². The first-order chi connectivity index (χ1) is 11.2. The summed E-state index contributed by atoms with van der Waals surface area (Å²) in [6.07, 6.45) is 2.09. The molecule has 3 N–H and O–H groups in total. The van der Waals surface area contributed by atoms with E-state index in [1.165, 1.54) is 16.3 Å². The number of nitrogen functional groups attached to an aromatic ring is 1. The van der Waals surface area contributed by atoms with Crippen molar-refractivity contribution >= 4 is 27.5 Å². The van der Waals surface area contributed by atoms with Gasteiger partial charge in [-0.25, -0.2) is 0 Å². The topological polar surface area (TPSA) is 54.8 Å². The van der Waals surface area contributed by atoms with Crippen LogP contribution in [-0.2, 0) is 6.54 Å². The van der Waals surface area contributed by atoms with Crippen LogP contribution >= 0.6 is 0 Å². The van der Waals surface area contributed by atoms with Crippen LogP contribution in [0.3, 0.4) is 0 Å². The maximum Gasteiger partial charge on any atom is 0.122 e. The normalized spacial score (nSPS) is 11.1. The Morgan fingerprint density at radius 2 is 1.74 bits per heavy atom. The van der Waals surface area contributed by atoms with Gasteiger partial charge in [0.25, 0.3) is 0 Å². The van der Waals surface area contributed by atoms with E-state index in [0.29, 0.717) is 0 Å². The maximum absolute atomic E-state index is 7.63. The van der Waals surface area contributed by atoms with Gasteiger partial charge in [-0.1, -0.05) is 54.6 Å². The number of amidine groups is 1. The van der Waals surface area contributed by atoms with Gasteiger partial charge in [-0.15, -0.1) is 0 Å². The van der Waals surface area contributed by atoms with E-state index in [1.807, 2.05) is 18.2 Å². The second-order valence-corrected chi connectivity index (χ2v) is 5.77. The number of rotatable bonds is 3. The van der Waals surface area contributed by atoms with Gasteiger partial charge in [0.05, 0.1) is 0 Å². The van der Waals surface area contributed by atoms with E-state index < -0.39 is 0 Å². The van der Waals surface area contributed by atoms with Crippen LogP contribution in [0, 0.1) is 5.41 Å². The van der Waals surface area contributed by atoms with Crippen molar-refractivity contribution < 1.29 is 0 Å². The average molecular weight is 299 g/mol. The third kappa shape index (κ3) is 2.36. The molecule has 0 aliphatic heterocycles. The van der Waals surface area contributed by atoms with Crippen molar-refractivity contribution in [2.45, 2.75) is 6.54 Å². The molecule has 1 aromatic heterocycles. The zero-order chi connectivity index (χ0) is 15.8. The summed E-state index contributed by atoms with van der Waals surface area (Å²) in [7, 11) is 0. The number of fused-ring (bicyclic) bond motifs is 2. The van der Waals surface area contributed by atoms with Crippen LogP contribution in [-0.4, -0.2) is 10.4 Å². The molecule has 112 valence electrons. The first-order valence-electron chi connectivity index (χ1n) is 7.62. The van der Waals surface area contributed by atoms with Crippen molar-refractivity contribution in [2.24, 2.45) is 5.73 Å². The van der Waals surface area contributed by atoms with Crippen LogP contribution in [0.25, 0.3) is 21.7 Å². The Kier molecular flexibility index (Phi) is 3.12.